The number of carbonyl (C=O) groups is 2. The first-order chi connectivity index (χ1) is 14.9. The average Bonchev–Trinajstić information content (AvgIpc) is 2.78. The summed E-state index contributed by atoms with van der Waals surface area (Å²) in [4.78, 5) is 28.7. The summed E-state index contributed by atoms with van der Waals surface area (Å²) in [5.41, 5.74) is 1.97. The maximum Gasteiger partial charge on any atom is 0.242 e. The predicted molar refractivity (Wildman–Crippen MR) is 123 cm³/mol. The molecule has 0 aliphatic heterocycles. The van der Waals surface area contributed by atoms with Crippen LogP contribution in [0.1, 0.15) is 50.2 Å². The number of thioether (sulfide) groups is 1. The number of aryl methyl sites for hydroxylation is 1. The molecule has 1 fully saturated rings. The van der Waals surface area contributed by atoms with Gasteiger partial charge in [0.2, 0.25) is 11.8 Å². The Morgan fingerprint density at radius 2 is 1.71 bits per heavy atom. The Morgan fingerprint density at radius 1 is 1.06 bits per heavy atom. The van der Waals surface area contributed by atoms with Crippen LogP contribution < -0.4 is 5.32 Å². The van der Waals surface area contributed by atoms with Crippen LogP contribution >= 0.6 is 11.8 Å². The zero-order valence-corrected chi connectivity index (χ0v) is 19.1. The Kier molecular flexibility index (Phi) is 8.52. The summed E-state index contributed by atoms with van der Waals surface area (Å²) in [6.07, 6.45) is 5.46. The predicted octanol–water partition coefficient (Wildman–Crippen LogP) is 5.09. The van der Waals surface area contributed by atoms with E-state index < -0.39 is 6.04 Å². The molecule has 6 heteroatoms. The molecule has 4 nitrogen and oxygen atoms in total. The molecular weight excluding hydrogens is 411 g/mol. The number of nitrogens with one attached hydrogen (secondary N) is 1. The highest BCUT2D eigenvalue weighted by molar-refractivity contribution is 8.00. The van der Waals surface area contributed by atoms with Crippen molar-refractivity contribution in [2.75, 3.05) is 5.75 Å². The van der Waals surface area contributed by atoms with E-state index in [2.05, 4.69) is 5.32 Å². The highest BCUT2D eigenvalue weighted by atomic mass is 32.2. The van der Waals surface area contributed by atoms with Crippen molar-refractivity contribution in [3.63, 3.8) is 0 Å². The standard InChI is InChI=1S/C25H31FN2O2S/c1-18-8-14-23(15-9-18)31-17-24(29)28(16-20-10-12-21(26)13-11-20)19(2)25(30)27-22-6-4-3-5-7-22/h8-15,19,22H,3-7,16-17H2,1-2H3,(H,27,30)/t19-/m1/s1. The summed E-state index contributed by atoms with van der Waals surface area (Å²) in [6, 6.07) is 13.7. The van der Waals surface area contributed by atoms with Crippen LogP contribution in [0, 0.1) is 12.7 Å². The second kappa shape index (κ2) is 11.3. The molecule has 166 valence electrons. The van der Waals surface area contributed by atoms with Crippen molar-refractivity contribution < 1.29 is 14.0 Å². The number of halogens is 1. The van der Waals surface area contributed by atoms with Crippen molar-refractivity contribution in [3.8, 4) is 0 Å². The molecule has 2 aromatic carbocycles. The fourth-order valence-electron chi connectivity index (χ4n) is 3.80. The van der Waals surface area contributed by atoms with E-state index >= 15 is 0 Å². The first-order valence-corrected chi connectivity index (χ1v) is 11.9. The molecule has 0 unspecified atom stereocenters. The van der Waals surface area contributed by atoms with Crippen LogP contribution in [0.25, 0.3) is 0 Å². The number of hydrogen-bond acceptors (Lipinski definition) is 3. The molecule has 3 rings (SSSR count). The van der Waals surface area contributed by atoms with Gasteiger partial charge in [0.25, 0.3) is 0 Å². The highest BCUT2D eigenvalue weighted by Crippen LogP contribution is 2.21. The van der Waals surface area contributed by atoms with Crippen LogP contribution in [0.2, 0.25) is 0 Å². The molecule has 0 saturated heterocycles. The maximum absolute atomic E-state index is 13.3. The molecule has 0 spiro atoms. The van der Waals surface area contributed by atoms with Crippen LogP contribution in [0.3, 0.4) is 0 Å². The van der Waals surface area contributed by atoms with Gasteiger partial charge in [-0.05, 0) is 56.5 Å². The van der Waals surface area contributed by atoms with E-state index in [9.17, 15) is 14.0 Å². The van der Waals surface area contributed by atoms with Crippen LogP contribution in [-0.4, -0.2) is 34.6 Å². The van der Waals surface area contributed by atoms with Gasteiger partial charge in [0, 0.05) is 17.5 Å². The van der Waals surface area contributed by atoms with E-state index in [0.29, 0.717) is 0 Å². The third kappa shape index (κ3) is 7.10. The third-order valence-electron chi connectivity index (χ3n) is 5.77. The van der Waals surface area contributed by atoms with E-state index in [1.807, 2.05) is 31.2 Å². The first kappa shape index (κ1) is 23.3. The lowest BCUT2D eigenvalue weighted by Crippen LogP contribution is -2.50. The first-order valence-electron chi connectivity index (χ1n) is 11.0. The number of carbonyl (C=O) groups excluding carboxylic acids is 2. The summed E-state index contributed by atoms with van der Waals surface area (Å²) in [5, 5.41) is 3.13. The minimum Gasteiger partial charge on any atom is -0.352 e. The fraction of sp³-hybridized carbons (Fsp3) is 0.440. The third-order valence-corrected chi connectivity index (χ3v) is 6.77. The largest absolute Gasteiger partial charge is 0.352 e. The van der Waals surface area contributed by atoms with Gasteiger partial charge in [-0.2, -0.15) is 0 Å². The van der Waals surface area contributed by atoms with Gasteiger partial charge < -0.3 is 10.2 Å². The highest BCUT2D eigenvalue weighted by Gasteiger charge is 2.28. The molecule has 0 bridgehead atoms. The Morgan fingerprint density at radius 3 is 2.35 bits per heavy atom. The zero-order valence-electron chi connectivity index (χ0n) is 18.3. The Labute approximate surface area is 188 Å². The molecule has 2 amide bonds. The number of nitrogens with zero attached hydrogens (tertiary/aromatic N) is 1. The van der Waals surface area contributed by atoms with E-state index in [1.54, 1.807) is 24.0 Å². The Hall–Kier alpha value is -2.34. The van der Waals surface area contributed by atoms with Crippen LogP contribution in [0.4, 0.5) is 4.39 Å². The molecule has 2 aromatic rings. The molecule has 0 heterocycles. The molecule has 0 aromatic heterocycles. The SMILES string of the molecule is Cc1ccc(SCC(=O)N(Cc2ccc(F)cc2)[C@H](C)C(=O)NC2CCCCC2)cc1. The van der Waals surface area contributed by atoms with Crippen LogP contribution in [-0.2, 0) is 16.1 Å². The molecule has 1 N–H and O–H groups in total. The summed E-state index contributed by atoms with van der Waals surface area (Å²) >= 11 is 1.46. The Balaban J connectivity index is 1.69. The Bertz CT molecular complexity index is 864. The lowest BCUT2D eigenvalue weighted by atomic mass is 9.95. The van der Waals surface area contributed by atoms with E-state index in [0.717, 1.165) is 36.1 Å². The molecule has 0 radical (unpaired) electrons. The molecular formula is C25H31FN2O2S. The van der Waals surface area contributed by atoms with Crippen molar-refractivity contribution in [3.05, 3.63) is 65.5 Å². The number of hydrogen-bond donors (Lipinski definition) is 1. The second-order valence-corrected chi connectivity index (χ2v) is 9.32. The monoisotopic (exact) mass is 442 g/mol. The van der Waals surface area contributed by atoms with Crippen molar-refractivity contribution in [1.82, 2.24) is 10.2 Å². The molecule has 31 heavy (non-hydrogen) atoms. The van der Waals surface area contributed by atoms with Crippen LogP contribution in [0.5, 0.6) is 0 Å². The summed E-state index contributed by atoms with van der Waals surface area (Å²) in [5.74, 6) is -0.311. The van der Waals surface area contributed by atoms with E-state index in [-0.39, 0.29) is 36.0 Å². The van der Waals surface area contributed by atoms with Crippen LogP contribution in [0.15, 0.2) is 53.4 Å². The molecule has 1 aliphatic rings. The van der Waals surface area contributed by atoms with Gasteiger partial charge in [-0.15, -0.1) is 11.8 Å². The summed E-state index contributed by atoms with van der Waals surface area (Å²) in [7, 11) is 0. The van der Waals surface area contributed by atoms with Gasteiger partial charge in [0.15, 0.2) is 0 Å². The van der Waals surface area contributed by atoms with Gasteiger partial charge in [0.1, 0.15) is 11.9 Å². The second-order valence-electron chi connectivity index (χ2n) is 8.27. The number of benzene rings is 2. The van der Waals surface area contributed by atoms with E-state index in [1.165, 1.54) is 35.9 Å². The fourth-order valence-corrected chi connectivity index (χ4v) is 4.58. The average molecular weight is 443 g/mol. The van der Waals surface area contributed by atoms with E-state index in [4.69, 9.17) is 0 Å². The normalized spacial score (nSPS) is 15.3. The lowest BCUT2D eigenvalue weighted by Gasteiger charge is -2.31. The van der Waals surface area contributed by atoms with Crippen molar-refractivity contribution in [2.45, 2.75) is 69.5 Å². The van der Waals surface area contributed by atoms with Gasteiger partial charge in [-0.25, -0.2) is 4.39 Å². The van der Waals surface area contributed by atoms with Crippen molar-refractivity contribution in [2.24, 2.45) is 0 Å². The maximum atomic E-state index is 13.3. The minimum absolute atomic E-state index is 0.110. The molecule has 1 atom stereocenters. The molecule has 1 aliphatic carbocycles. The molecule has 1 saturated carbocycles. The number of rotatable bonds is 8. The summed E-state index contributed by atoms with van der Waals surface area (Å²) < 4.78 is 13.3. The van der Waals surface area contributed by atoms with Crippen molar-refractivity contribution in [1.29, 1.82) is 0 Å². The topological polar surface area (TPSA) is 49.4 Å². The zero-order chi connectivity index (χ0) is 22.2. The van der Waals surface area contributed by atoms with Gasteiger partial charge in [-0.1, -0.05) is 49.1 Å². The van der Waals surface area contributed by atoms with Crippen molar-refractivity contribution >= 4 is 23.6 Å². The quantitative estimate of drug-likeness (QED) is 0.579. The van der Waals surface area contributed by atoms with Gasteiger partial charge >= 0.3 is 0 Å². The smallest absolute Gasteiger partial charge is 0.242 e. The summed E-state index contributed by atoms with van der Waals surface area (Å²) in [6.45, 7) is 4.07. The minimum atomic E-state index is -0.599. The number of amides is 2. The lowest BCUT2D eigenvalue weighted by molar-refractivity contribution is -0.139. The van der Waals surface area contributed by atoms with Gasteiger partial charge in [0.05, 0.1) is 5.75 Å². The van der Waals surface area contributed by atoms with Gasteiger partial charge in [-0.3, -0.25) is 9.59 Å².